The minimum Gasteiger partial charge on any atom is -0.382 e. The molecule has 14 nitrogen and oxygen atoms in total. The molecule has 2 aromatic heterocycles. The van der Waals surface area contributed by atoms with Crippen LogP contribution < -0.4 is 5.32 Å². The van der Waals surface area contributed by atoms with Crippen molar-refractivity contribution < 1.29 is 42.2 Å². The number of hydrogen-bond acceptors (Lipinski definition) is 11. The van der Waals surface area contributed by atoms with Crippen molar-refractivity contribution in [1.29, 1.82) is 0 Å². The highest BCUT2D eigenvalue weighted by Gasteiger charge is 2.35. The molecule has 0 aliphatic heterocycles. The lowest BCUT2D eigenvalue weighted by Crippen LogP contribution is -2.22. The van der Waals surface area contributed by atoms with Gasteiger partial charge in [-0.2, -0.15) is 4.98 Å². The Hall–Kier alpha value is -1.18. The third-order valence-electron chi connectivity index (χ3n) is 6.28. The third kappa shape index (κ3) is 10.3. The van der Waals surface area contributed by atoms with E-state index in [2.05, 4.69) is 20.4 Å². The maximum Gasteiger partial charge on any atom is 0.342 e. The first-order valence-electron chi connectivity index (χ1n) is 12.7. The number of rotatable bonds is 18. The van der Waals surface area contributed by atoms with E-state index in [9.17, 15) is 18.9 Å². The van der Waals surface area contributed by atoms with Crippen LogP contribution in [0.25, 0.3) is 5.65 Å². The van der Waals surface area contributed by atoms with Crippen molar-refractivity contribution in [2.24, 2.45) is 0 Å². The molecule has 1 aliphatic rings. The predicted molar refractivity (Wildman–Crippen MR) is 145 cm³/mol. The van der Waals surface area contributed by atoms with Crippen molar-refractivity contribution in [1.82, 2.24) is 19.6 Å². The van der Waals surface area contributed by atoms with Crippen LogP contribution in [0.5, 0.6) is 0 Å². The zero-order chi connectivity index (χ0) is 28.5. The van der Waals surface area contributed by atoms with Crippen LogP contribution in [0, 0.1) is 0 Å². The summed E-state index contributed by atoms with van der Waals surface area (Å²) in [5.41, 5.74) is 1.32. The number of methoxy groups -OCH3 is 2. The molecular weight excluding hydrogens is 576 g/mol. The number of imidazole rings is 1. The Balaban J connectivity index is 1.64. The highest BCUT2D eigenvalue weighted by atomic mass is 35.5. The van der Waals surface area contributed by atoms with E-state index >= 15 is 0 Å². The summed E-state index contributed by atoms with van der Waals surface area (Å²) in [7, 11) is -5.85. The van der Waals surface area contributed by atoms with Gasteiger partial charge in [-0.05, 0) is 30.9 Å². The average Bonchev–Trinajstić information content (AvgIpc) is 3.53. The highest BCUT2D eigenvalue weighted by molar-refractivity contribution is 7.70. The SMILES string of the molecule is COCCOCCOP(=O)(CP(=O)(O)O)OC[C@H](CC(C)c1cnc2c(NC3CCCC3)nc(Cl)nn12)OC. The smallest absolute Gasteiger partial charge is 0.342 e. The van der Waals surface area contributed by atoms with E-state index in [0.29, 0.717) is 37.1 Å². The molecule has 1 saturated carbocycles. The number of nitrogens with one attached hydrogen (secondary N) is 1. The van der Waals surface area contributed by atoms with Crippen molar-refractivity contribution in [2.75, 3.05) is 58.5 Å². The first kappa shape index (κ1) is 32.3. The van der Waals surface area contributed by atoms with Gasteiger partial charge in [-0.1, -0.05) is 19.8 Å². The van der Waals surface area contributed by atoms with Crippen molar-refractivity contribution in [2.45, 2.75) is 57.1 Å². The first-order chi connectivity index (χ1) is 18.5. The summed E-state index contributed by atoms with van der Waals surface area (Å²) >= 11 is 6.23. The topological polar surface area (TPSA) is 176 Å². The number of nitrogens with zero attached hydrogens (tertiary/aromatic N) is 4. The molecule has 0 amide bonds. The lowest BCUT2D eigenvalue weighted by Gasteiger charge is -2.24. The maximum atomic E-state index is 13.1. The molecular formula is C22H38ClN5O9P2. The number of halogens is 1. The van der Waals surface area contributed by atoms with Gasteiger partial charge in [0.25, 0.3) is 0 Å². The molecule has 39 heavy (non-hydrogen) atoms. The fourth-order valence-corrected chi connectivity index (χ4v) is 7.78. The molecule has 0 spiro atoms. The zero-order valence-electron chi connectivity index (χ0n) is 22.4. The molecule has 0 aromatic carbocycles. The van der Waals surface area contributed by atoms with E-state index in [4.69, 9.17) is 34.9 Å². The van der Waals surface area contributed by atoms with Gasteiger partial charge >= 0.3 is 15.2 Å². The van der Waals surface area contributed by atoms with Crippen molar-refractivity contribution in [3.05, 3.63) is 17.2 Å². The summed E-state index contributed by atoms with van der Waals surface area (Å²) in [6.45, 7) is 2.27. The Morgan fingerprint density at radius 1 is 1.15 bits per heavy atom. The molecule has 3 rings (SSSR count). The normalized spacial score (nSPS) is 17.9. The lowest BCUT2D eigenvalue weighted by atomic mass is 10.0. The van der Waals surface area contributed by atoms with Crippen LogP contribution in [0.2, 0.25) is 5.28 Å². The quantitative estimate of drug-likeness (QED) is 0.164. The summed E-state index contributed by atoms with van der Waals surface area (Å²) < 4.78 is 52.7. The van der Waals surface area contributed by atoms with Gasteiger partial charge in [-0.25, -0.2) is 9.50 Å². The summed E-state index contributed by atoms with van der Waals surface area (Å²) in [6.07, 6.45) is 5.96. The van der Waals surface area contributed by atoms with Gasteiger partial charge in [0, 0.05) is 26.2 Å². The Morgan fingerprint density at radius 2 is 1.87 bits per heavy atom. The number of ether oxygens (including phenoxy) is 3. The Bertz CT molecular complexity index is 1140. The molecule has 222 valence electrons. The monoisotopic (exact) mass is 613 g/mol. The molecule has 2 aromatic rings. The maximum absolute atomic E-state index is 13.1. The molecule has 1 fully saturated rings. The highest BCUT2D eigenvalue weighted by Crippen LogP contribution is 2.59. The predicted octanol–water partition coefficient (Wildman–Crippen LogP) is 3.67. The number of aromatic nitrogens is 4. The fraction of sp³-hybridized carbons (Fsp3) is 0.773. The van der Waals surface area contributed by atoms with Gasteiger partial charge in [0.05, 0.1) is 51.0 Å². The lowest BCUT2D eigenvalue weighted by molar-refractivity contribution is 0.0319. The van der Waals surface area contributed by atoms with Crippen LogP contribution in [0.3, 0.4) is 0 Å². The average molecular weight is 614 g/mol. The second-order valence-electron chi connectivity index (χ2n) is 9.42. The van der Waals surface area contributed by atoms with E-state index in [0.717, 1.165) is 31.4 Å². The van der Waals surface area contributed by atoms with Gasteiger partial charge in [0.15, 0.2) is 17.4 Å². The Labute approximate surface area is 232 Å². The van der Waals surface area contributed by atoms with Gasteiger partial charge < -0.3 is 38.4 Å². The molecule has 2 unspecified atom stereocenters. The summed E-state index contributed by atoms with van der Waals surface area (Å²) in [6, 6.07) is 0.315. The summed E-state index contributed by atoms with van der Waals surface area (Å²) in [5, 5.41) is 7.85. The van der Waals surface area contributed by atoms with Gasteiger partial charge in [-0.15, -0.1) is 5.10 Å². The van der Waals surface area contributed by atoms with Gasteiger partial charge in [-0.3, -0.25) is 9.13 Å². The van der Waals surface area contributed by atoms with Crippen LogP contribution in [0.15, 0.2) is 6.20 Å². The number of fused-ring (bicyclic) bond motifs is 1. The van der Waals surface area contributed by atoms with Crippen molar-refractivity contribution in [3.63, 3.8) is 0 Å². The molecule has 1 aliphatic carbocycles. The van der Waals surface area contributed by atoms with Crippen LogP contribution in [-0.2, 0) is 32.4 Å². The molecule has 3 N–H and O–H groups in total. The zero-order valence-corrected chi connectivity index (χ0v) is 24.9. The standard InChI is InChI=1S/C22H38ClN5O9P2/c1-16(19-13-24-21-20(25-17-6-4-5-7-17)26-22(23)27-28(19)21)12-18(34-3)14-37-39(32,15-38(29,30)31)36-11-10-35-9-8-33-2/h13,16-18H,4-12,14-15H2,1-3H3,(H,25,26,27)(H2,29,30,31)/t16?,18-,39?/m0/s1. The Morgan fingerprint density at radius 3 is 2.54 bits per heavy atom. The minimum absolute atomic E-state index is 0.0545. The molecule has 3 atom stereocenters. The van der Waals surface area contributed by atoms with Gasteiger partial charge in [0.2, 0.25) is 5.28 Å². The van der Waals surface area contributed by atoms with E-state index in [1.807, 2.05) is 6.92 Å². The fourth-order valence-electron chi connectivity index (χ4n) is 4.34. The largest absolute Gasteiger partial charge is 0.382 e. The van der Waals surface area contributed by atoms with E-state index < -0.39 is 27.2 Å². The third-order valence-corrected chi connectivity index (χ3v) is 10.4. The van der Waals surface area contributed by atoms with Crippen LogP contribution >= 0.6 is 26.8 Å². The second-order valence-corrected chi connectivity index (χ2v) is 14.0. The first-order valence-corrected chi connectivity index (χ1v) is 16.6. The second kappa shape index (κ2) is 15.2. The minimum atomic E-state index is -4.70. The van der Waals surface area contributed by atoms with Crippen LogP contribution in [0.1, 0.15) is 50.6 Å². The summed E-state index contributed by atoms with van der Waals surface area (Å²) in [5.74, 6) is -0.632. The van der Waals surface area contributed by atoms with Crippen molar-refractivity contribution in [3.8, 4) is 0 Å². The summed E-state index contributed by atoms with van der Waals surface area (Å²) in [4.78, 5) is 27.7. The van der Waals surface area contributed by atoms with Crippen LogP contribution in [-0.4, -0.2) is 94.7 Å². The van der Waals surface area contributed by atoms with Gasteiger partial charge in [0.1, 0.15) is 0 Å². The Kier molecular flexibility index (Phi) is 12.6. The molecule has 0 saturated heterocycles. The molecule has 0 radical (unpaired) electrons. The molecule has 0 bridgehead atoms. The molecule has 17 heteroatoms. The van der Waals surface area contributed by atoms with Crippen molar-refractivity contribution >= 4 is 38.3 Å². The van der Waals surface area contributed by atoms with E-state index in [-0.39, 0.29) is 31.0 Å². The number of anilines is 1. The number of hydrogen-bond donors (Lipinski definition) is 3. The van der Waals surface area contributed by atoms with E-state index in [1.165, 1.54) is 14.2 Å². The molecule has 2 heterocycles. The van der Waals surface area contributed by atoms with E-state index in [1.54, 1.807) is 10.7 Å². The van der Waals surface area contributed by atoms with Crippen LogP contribution in [0.4, 0.5) is 5.82 Å².